The van der Waals surface area contributed by atoms with Gasteiger partial charge in [-0.3, -0.25) is 0 Å². The first kappa shape index (κ1) is 11.9. The molecule has 0 bridgehead atoms. The third kappa shape index (κ3) is 2.58. The van der Waals surface area contributed by atoms with Gasteiger partial charge < -0.3 is 10.5 Å². The van der Waals surface area contributed by atoms with Crippen LogP contribution in [0.3, 0.4) is 0 Å². The van der Waals surface area contributed by atoms with Crippen molar-refractivity contribution >= 4 is 15.9 Å². The monoisotopic (exact) mass is 255 g/mol. The van der Waals surface area contributed by atoms with Crippen LogP contribution in [0.2, 0.25) is 0 Å². The number of nitrogens with two attached hydrogens (primary N) is 1. The maximum Gasteiger partial charge on any atom is 0.404 e. The van der Waals surface area contributed by atoms with Crippen LogP contribution >= 0.6 is 0 Å². The molecule has 1 atom stereocenters. The Hall–Kier alpha value is -1.56. The Labute approximate surface area is 99.5 Å². The number of primary amides is 1. The second-order valence-corrected chi connectivity index (χ2v) is 6.19. The molecule has 0 saturated carbocycles. The van der Waals surface area contributed by atoms with Gasteiger partial charge in [-0.05, 0) is 23.3 Å². The number of carbonyl (C=O) groups is 1. The highest BCUT2D eigenvalue weighted by Crippen LogP contribution is 2.26. The summed E-state index contributed by atoms with van der Waals surface area (Å²) in [5.74, 6) is 0. The minimum atomic E-state index is -3.20. The second-order valence-electron chi connectivity index (χ2n) is 4.17. The highest BCUT2D eigenvalue weighted by Gasteiger charge is 2.25. The summed E-state index contributed by atoms with van der Waals surface area (Å²) in [5, 5.41) is 0. The first-order valence-corrected chi connectivity index (χ1v) is 7.03. The standard InChI is InChI=1S/C11H13NO4S/c1-17(14,15)10-3-2-7-4-9(16-11(12)13)5-8(7)6-10/h2-3,6,9H,4-5H2,1H3,(H2,12,13). The van der Waals surface area contributed by atoms with Crippen molar-refractivity contribution in [2.45, 2.75) is 23.8 Å². The molecule has 92 valence electrons. The third-order valence-corrected chi connectivity index (χ3v) is 3.89. The number of carbonyl (C=O) groups excluding carboxylic acids is 1. The molecule has 0 spiro atoms. The van der Waals surface area contributed by atoms with Gasteiger partial charge in [-0.25, -0.2) is 13.2 Å². The molecule has 5 nitrogen and oxygen atoms in total. The number of ether oxygens (including phenoxy) is 1. The van der Waals surface area contributed by atoms with Gasteiger partial charge in [0.2, 0.25) is 0 Å². The van der Waals surface area contributed by atoms with Crippen molar-refractivity contribution in [2.24, 2.45) is 5.73 Å². The summed E-state index contributed by atoms with van der Waals surface area (Å²) in [4.78, 5) is 10.9. The van der Waals surface area contributed by atoms with E-state index in [0.29, 0.717) is 12.8 Å². The minimum Gasteiger partial charge on any atom is -0.446 e. The highest BCUT2D eigenvalue weighted by molar-refractivity contribution is 7.90. The van der Waals surface area contributed by atoms with E-state index in [0.717, 1.165) is 11.1 Å². The molecule has 0 fully saturated rings. The zero-order chi connectivity index (χ0) is 12.6. The van der Waals surface area contributed by atoms with E-state index in [9.17, 15) is 13.2 Å². The first-order valence-electron chi connectivity index (χ1n) is 5.14. The zero-order valence-electron chi connectivity index (χ0n) is 9.34. The number of benzene rings is 1. The number of amides is 1. The van der Waals surface area contributed by atoms with E-state index in [2.05, 4.69) is 0 Å². The number of sulfone groups is 1. The zero-order valence-corrected chi connectivity index (χ0v) is 10.2. The van der Waals surface area contributed by atoms with Crippen LogP contribution < -0.4 is 5.73 Å². The molecule has 0 saturated heterocycles. The van der Waals surface area contributed by atoms with Crippen molar-refractivity contribution < 1.29 is 17.9 Å². The van der Waals surface area contributed by atoms with Crippen LogP contribution in [0, 0.1) is 0 Å². The molecule has 1 amide bonds. The third-order valence-electron chi connectivity index (χ3n) is 2.78. The smallest absolute Gasteiger partial charge is 0.404 e. The Morgan fingerprint density at radius 3 is 2.59 bits per heavy atom. The molecule has 0 aliphatic heterocycles. The molecule has 17 heavy (non-hydrogen) atoms. The molecule has 2 rings (SSSR count). The number of rotatable bonds is 2. The van der Waals surface area contributed by atoms with Crippen LogP contribution in [0.5, 0.6) is 0 Å². The number of fused-ring (bicyclic) bond motifs is 1. The highest BCUT2D eigenvalue weighted by atomic mass is 32.2. The normalized spacial score (nSPS) is 18.8. The molecule has 1 aromatic carbocycles. The van der Waals surface area contributed by atoms with Crippen molar-refractivity contribution in [3.8, 4) is 0 Å². The molecule has 0 aromatic heterocycles. The quantitative estimate of drug-likeness (QED) is 0.840. The van der Waals surface area contributed by atoms with Gasteiger partial charge >= 0.3 is 6.09 Å². The SMILES string of the molecule is CS(=O)(=O)c1ccc2c(c1)CC(OC(N)=O)C2. The molecular formula is C11H13NO4S. The molecule has 6 heteroatoms. The van der Waals surface area contributed by atoms with Gasteiger partial charge in [-0.2, -0.15) is 0 Å². The average Bonchev–Trinajstić information content (AvgIpc) is 2.55. The largest absolute Gasteiger partial charge is 0.446 e. The van der Waals surface area contributed by atoms with E-state index in [1.165, 1.54) is 6.26 Å². The Balaban J connectivity index is 2.25. The Bertz CT molecular complexity index is 565. The minimum absolute atomic E-state index is 0.280. The van der Waals surface area contributed by atoms with Crippen LogP contribution in [0.25, 0.3) is 0 Å². The predicted octanol–water partition coefficient (Wildman–Crippen LogP) is 0.653. The summed E-state index contributed by atoms with van der Waals surface area (Å²) >= 11 is 0. The molecule has 1 aromatic rings. The van der Waals surface area contributed by atoms with Gasteiger partial charge in [0.05, 0.1) is 4.90 Å². The summed E-state index contributed by atoms with van der Waals surface area (Å²) in [6, 6.07) is 4.96. The fourth-order valence-corrected chi connectivity index (χ4v) is 2.70. The summed E-state index contributed by atoms with van der Waals surface area (Å²) in [6.07, 6.45) is 1.19. The van der Waals surface area contributed by atoms with Crippen LogP contribution in [-0.2, 0) is 27.4 Å². The Morgan fingerprint density at radius 1 is 1.35 bits per heavy atom. The molecular weight excluding hydrogens is 242 g/mol. The molecule has 2 N–H and O–H groups in total. The van der Waals surface area contributed by atoms with Gasteiger partial charge in [0.25, 0.3) is 0 Å². The van der Waals surface area contributed by atoms with Crippen molar-refractivity contribution in [2.75, 3.05) is 6.26 Å². The summed E-state index contributed by atoms with van der Waals surface area (Å²) in [6.45, 7) is 0. The lowest BCUT2D eigenvalue weighted by molar-refractivity contribution is 0.112. The van der Waals surface area contributed by atoms with Crippen molar-refractivity contribution in [3.05, 3.63) is 29.3 Å². The van der Waals surface area contributed by atoms with Crippen molar-refractivity contribution in [3.63, 3.8) is 0 Å². The molecule has 0 heterocycles. The van der Waals surface area contributed by atoms with E-state index in [4.69, 9.17) is 10.5 Å². The predicted molar refractivity (Wildman–Crippen MR) is 61.4 cm³/mol. The molecule has 1 aliphatic rings. The van der Waals surface area contributed by atoms with Crippen LogP contribution in [-0.4, -0.2) is 26.9 Å². The van der Waals surface area contributed by atoms with Gasteiger partial charge in [0.1, 0.15) is 6.10 Å². The van der Waals surface area contributed by atoms with Crippen LogP contribution in [0.15, 0.2) is 23.1 Å². The molecule has 0 radical (unpaired) electrons. The number of hydrogen-bond donors (Lipinski definition) is 1. The molecule has 1 unspecified atom stereocenters. The lowest BCUT2D eigenvalue weighted by atomic mass is 10.1. The van der Waals surface area contributed by atoms with E-state index in [-0.39, 0.29) is 11.0 Å². The van der Waals surface area contributed by atoms with Gasteiger partial charge in [0, 0.05) is 19.1 Å². The van der Waals surface area contributed by atoms with Gasteiger partial charge in [-0.15, -0.1) is 0 Å². The van der Waals surface area contributed by atoms with Crippen molar-refractivity contribution in [1.82, 2.24) is 0 Å². The summed E-state index contributed by atoms with van der Waals surface area (Å²) in [5.41, 5.74) is 6.85. The van der Waals surface area contributed by atoms with E-state index < -0.39 is 15.9 Å². The maximum atomic E-state index is 11.4. The van der Waals surface area contributed by atoms with Gasteiger partial charge in [-0.1, -0.05) is 6.07 Å². The van der Waals surface area contributed by atoms with Crippen LogP contribution in [0.1, 0.15) is 11.1 Å². The fourth-order valence-electron chi connectivity index (χ4n) is 2.03. The van der Waals surface area contributed by atoms with Crippen LogP contribution in [0.4, 0.5) is 4.79 Å². The first-order chi connectivity index (χ1) is 7.86. The second kappa shape index (κ2) is 4.03. The topological polar surface area (TPSA) is 86.5 Å². The van der Waals surface area contributed by atoms with E-state index in [1.807, 2.05) is 0 Å². The average molecular weight is 255 g/mol. The van der Waals surface area contributed by atoms with Gasteiger partial charge in [0.15, 0.2) is 9.84 Å². The fraction of sp³-hybridized carbons (Fsp3) is 0.364. The Morgan fingerprint density at radius 2 is 2.00 bits per heavy atom. The maximum absolute atomic E-state index is 11.4. The van der Waals surface area contributed by atoms with Crippen molar-refractivity contribution in [1.29, 1.82) is 0 Å². The lowest BCUT2D eigenvalue weighted by Gasteiger charge is -2.07. The van der Waals surface area contributed by atoms with E-state index >= 15 is 0 Å². The number of hydrogen-bond acceptors (Lipinski definition) is 4. The lowest BCUT2D eigenvalue weighted by Crippen LogP contribution is -2.22. The van der Waals surface area contributed by atoms with E-state index in [1.54, 1.807) is 18.2 Å². The summed E-state index contributed by atoms with van der Waals surface area (Å²) in [7, 11) is -3.20. The summed E-state index contributed by atoms with van der Waals surface area (Å²) < 4.78 is 27.7. The molecule has 1 aliphatic carbocycles. The Kier molecular flexibility index (Phi) is 2.82.